The third-order valence-electron chi connectivity index (χ3n) is 7.59. The van der Waals surface area contributed by atoms with Gasteiger partial charge < -0.3 is 10.2 Å². The Bertz CT molecular complexity index is 705. The summed E-state index contributed by atoms with van der Waals surface area (Å²) in [6.45, 7) is 2.30. The Kier molecular flexibility index (Phi) is 4.65. The molecule has 25 heavy (non-hydrogen) atoms. The first-order chi connectivity index (χ1) is 11.9. The molecule has 6 atom stereocenters. The van der Waals surface area contributed by atoms with E-state index in [1.54, 1.807) is 0 Å². The first kappa shape index (κ1) is 18.1. The Labute approximate surface area is 168 Å². The predicted molar refractivity (Wildman–Crippen MR) is 110 cm³/mol. The van der Waals surface area contributed by atoms with Crippen molar-refractivity contribution in [2.45, 2.75) is 50.5 Å². The molecule has 3 aliphatic carbocycles. The van der Waals surface area contributed by atoms with Crippen molar-refractivity contribution >= 4 is 34.2 Å². The van der Waals surface area contributed by atoms with Crippen molar-refractivity contribution in [3.63, 3.8) is 0 Å². The molecule has 0 amide bonds. The van der Waals surface area contributed by atoms with Gasteiger partial charge in [0, 0.05) is 11.3 Å². The van der Waals surface area contributed by atoms with Gasteiger partial charge in [0.1, 0.15) is 5.75 Å². The Balaban J connectivity index is 1.78. The highest BCUT2D eigenvalue weighted by Crippen LogP contribution is 2.66. The van der Waals surface area contributed by atoms with Crippen LogP contribution in [0.3, 0.4) is 0 Å². The number of benzene rings is 1. The van der Waals surface area contributed by atoms with Gasteiger partial charge in [-0.3, -0.25) is 0 Å². The summed E-state index contributed by atoms with van der Waals surface area (Å²) in [7, 11) is 0. The van der Waals surface area contributed by atoms with Crippen molar-refractivity contribution in [3.8, 4) is 5.75 Å². The average molecular weight is 473 g/mol. The number of aryl methyl sites for hydroxylation is 1. The van der Waals surface area contributed by atoms with Crippen molar-refractivity contribution < 1.29 is 10.2 Å². The zero-order chi connectivity index (χ0) is 17.8. The second kappa shape index (κ2) is 6.42. The van der Waals surface area contributed by atoms with Crippen LogP contribution in [0.15, 0.2) is 28.4 Å². The number of aromatic hydroxyl groups is 1. The van der Waals surface area contributed by atoms with Gasteiger partial charge in [-0.25, -0.2) is 0 Å². The number of fused-ring (bicyclic) bond motifs is 5. The van der Waals surface area contributed by atoms with Crippen LogP contribution in [-0.4, -0.2) is 21.7 Å². The van der Waals surface area contributed by atoms with E-state index in [0.29, 0.717) is 35.3 Å². The number of rotatable bonds is 2. The molecule has 2 nitrogen and oxygen atoms in total. The number of alkyl halides is 1. The largest absolute Gasteiger partial charge is 0.508 e. The third kappa shape index (κ3) is 2.60. The summed E-state index contributed by atoms with van der Waals surface area (Å²) < 4.78 is 1.98. The molecule has 4 rings (SSSR count). The molecule has 0 heterocycles. The molecule has 1 unspecified atom stereocenters. The molecule has 0 bridgehead atoms. The SMILES string of the molecule is C[C@]12CC(CCl)[C@@H]3c4ccc(O)cc4CC[C@H]3[C@@H]1CC[C@@]2(O)/C=C/I. The fraction of sp³-hybridized carbons (Fsp3) is 0.619. The van der Waals surface area contributed by atoms with E-state index in [2.05, 4.69) is 35.6 Å². The van der Waals surface area contributed by atoms with Crippen LogP contribution in [0.25, 0.3) is 0 Å². The lowest BCUT2D eigenvalue weighted by Crippen LogP contribution is -2.53. The summed E-state index contributed by atoms with van der Waals surface area (Å²) in [5.41, 5.74) is 1.88. The second-order valence-corrected chi connectivity index (χ2v) is 9.54. The monoisotopic (exact) mass is 472 g/mol. The number of hydrogen-bond donors (Lipinski definition) is 2. The quantitative estimate of drug-likeness (QED) is 0.447. The first-order valence-corrected chi connectivity index (χ1v) is 11.1. The topological polar surface area (TPSA) is 40.5 Å². The van der Waals surface area contributed by atoms with Gasteiger partial charge in [-0.1, -0.05) is 35.6 Å². The lowest BCUT2D eigenvalue weighted by Gasteiger charge is -2.55. The van der Waals surface area contributed by atoms with Crippen LogP contribution < -0.4 is 0 Å². The summed E-state index contributed by atoms with van der Waals surface area (Å²) in [6.07, 6.45) is 7.10. The lowest BCUT2D eigenvalue weighted by atomic mass is 9.50. The van der Waals surface area contributed by atoms with Gasteiger partial charge in [-0.05, 0) is 89.2 Å². The normalized spacial score (nSPS) is 42.9. The molecule has 4 heteroatoms. The standard InChI is InChI=1S/C21H26ClIO2/c1-20-11-14(12-22)19-16-5-3-15(24)10-13(16)2-4-17(19)18(20)6-7-21(20,25)8-9-23/h3,5,8-10,14,17-19,24-25H,2,4,6-7,11-12H2,1H3/b9-8+/t14?,17-,18-,19+,20-,21+/m0/s1. The number of halogens is 2. The van der Waals surface area contributed by atoms with Gasteiger partial charge >= 0.3 is 0 Å². The number of phenols is 1. The van der Waals surface area contributed by atoms with Crippen molar-refractivity contribution in [1.82, 2.24) is 0 Å². The maximum absolute atomic E-state index is 11.4. The van der Waals surface area contributed by atoms with Gasteiger partial charge in [-0.15, -0.1) is 11.6 Å². The van der Waals surface area contributed by atoms with E-state index >= 15 is 0 Å². The summed E-state index contributed by atoms with van der Waals surface area (Å²) in [5, 5.41) is 21.3. The van der Waals surface area contributed by atoms with E-state index < -0.39 is 5.60 Å². The van der Waals surface area contributed by atoms with Crippen LogP contribution in [-0.2, 0) is 6.42 Å². The Hall–Kier alpha value is -0.260. The van der Waals surface area contributed by atoms with E-state index in [9.17, 15) is 10.2 Å². The minimum atomic E-state index is -0.705. The summed E-state index contributed by atoms with van der Waals surface area (Å²) in [4.78, 5) is 0. The highest BCUT2D eigenvalue weighted by molar-refractivity contribution is 14.1. The molecule has 2 N–H and O–H groups in total. The highest BCUT2D eigenvalue weighted by Gasteiger charge is 2.62. The van der Waals surface area contributed by atoms with Gasteiger partial charge in [0.25, 0.3) is 0 Å². The second-order valence-electron chi connectivity index (χ2n) is 8.51. The van der Waals surface area contributed by atoms with Crippen LogP contribution in [0.4, 0.5) is 0 Å². The highest BCUT2D eigenvalue weighted by atomic mass is 127. The molecular formula is C21H26ClIO2. The number of aliphatic hydroxyl groups is 1. The number of hydrogen-bond acceptors (Lipinski definition) is 2. The fourth-order valence-corrected chi connectivity index (χ4v) is 7.33. The summed E-state index contributed by atoms with van der Waals surface area (Å²) in [5.74, 6) is 2.96. The molecule has 0 aliphatic heterocycles. The Morgan fingerprint density at radius 1 is 1.36 bits per heavy atom. The Morgan fingerprint density at radius 2 is 2.16 bits per heavy atom. The fourth-order valence-electron chi connectivity index (χ4n) is 6.44. The smallest absolute Gasteiger partial charge is 0.115 e. The van der Waals surface area contributed by atoms with Crippen LogP contribution in [0.2, 0.25) is 0 Å². The number of phenolic OH excluding ortho intramolecular Hbond substituents is 1. The van der Waals surface area contributed by atoms with Crippen molar-refractivity contribution in [2.75, 3.05) is 5.88 Å². The van der Waals surface area contributed by atoms with E-state index in [4.69, 9.17) is 11.6 Å². The molecule has 0 saturated heterocycles. The first-order valence-electron chi connectivity index (χ1n) is 9.31. The molecule has 2 fully saturated rings. The third-order valence-corrected chi connectivity index (χ3v) is 8.34. The summed E-state index contributed by atoms with van der Waals surface area (Å²) >= 11 is 8.69. The van der Waals surface area contributed by atoms with E-state index in [0.717, 1.165) is 32.1 Å². The van der Waals surface area contributed by atoms with Gasteiger partial charge in [0.2, 0.25) is 0 Å². The van der Waals surface area contributed by atoms with Crippen LogP contribution in [0.5, 0.6) is 5.75 Å². The summed E-state index contributed by atoms with van der Waals surface area (Å²) in [6, 6.07) is 5.88. The van der Waals surface area contributed by atoms with Crippen LogP contribution in [0.1, 0.15) is 49.7 Å². The molecular weight excluding hydrogens is 447 g/mol. The maximum atomic E-state index is 11.4. The minimum Gasteiger partial charge on any atom is -0.508 e. The van der Waals surface area contributed by atoms with Crippen LogP contribution in [0, 0.1) is 23.2 Å². The average Bonchev–Trinajstić information content (AvgIpc) is 2.85. The molecule has 2 saturated carbocycles. The van der Waals surface area contributed by atoms with Crippen molar-refractivity contribution in [3.05, 3.63) is 39.5 Å². The van der Waals surface area contributed by atoms with Crippen molar-refractivity contribution in [1.29, 1.82) is 0 Å². The maximum Gasteiger partial charge on any atom is 0.115 e. The van der Waals surface area contributed by atoms with Gasteiger partial charge in [0.15, 0.2) is 0 Å². The van der Waals surface area contributed by atoms with Gasteiger partial charge in [-0.2, -0.15) is 0 Å². The zero-order valence-corrected chi connectivity index (χ0v) is 17.5. The van der Waals surface area contributed by atoms with E-state index in [-0.39, 0.29) is 5.41 Å². The molecule has 3 aliphatic rings. The van der Waals surface area contributed by atoms with E-state index in [1.165, 1.54) is 11.1 Å². The Morgan fingerprint density at radius 3 is 2.88 bits per heavy atom. The molecule has 1 aromatic rings. The minimum absolute atomic E-state index is 0.0934. The zero-order valence-electron chi connectivity index (χ0n) is 14.6. The molecule has 0 spiro atoms. The van der Waals surface area contributed by atoms with Crippen molar-refractivity contribution in [2.24, 2.45) is 23.2 Å². The van der Waals surface area contributed by atoms with E-state index in [1.807, 2.05) is 22.3 Å². The lowest BCUT2D eigenvalue weighted by molar-refractivity contribution is -0.0860. The molecule has 1 aromatic carbocycles. The predicted octanol–water partition coefficient (Wildman–Crippen LogP) is 5.39. The van der Waals surface area contributed by atoms with Crippen LogP contribution >= 0.6 is 34.2 Å². The van der Waals surface area contributed by atoms with Gasteiger partial charge in [0.05, 0.1) is 5.60 Å². The molecule has 0 radical (unpaired) electrons. The molecule has 136 valence electrons. The molecule has 0 aromatic heterocycles.